The molecule has 3 aromatic rings. The lowest BCUT2D eigenvalue weighted by Gasteiger charge is -2.07. The maximum atomic E-state index is 12.4. The summed E-state index contributed by atoms with van der Waals surface area (Å²) < 4.78 is 15.8. The number of carbonyl (C=O) groups excluding carboxylic acids is 1. The largest absolute Gasteiger partial charge is 0.497 e. The van der Waals surface area contributed by atoms with Crippen molar-refractivity contribution in [1.29, 1.82) is 0 Å². The summed E-state index contributed by atoms with van der Waals surface area (Å²) in [5, 5.41) is 11.3. The third-order valence-electron chi connectivity index (χ3n) is 3.36. The number of benzene rings is 1. The highest BCUT2D eigenvalue weighted by Gasteiger charge is 2.17. The van der Waals surface area contributed by atoms with Gasteiger partial charge in [-0.3, -0.25) is 10.1 Å². The zero-order chi connectivity index (χ0) is 18.0. The molecule has 0 atom stereocenters. The number of methoxy groups -OCH3 is 2. The van der Waals surface area contributed by atoms with Crippen molar-refractivity contribution in [1.82, 2.24) is 15.2 Å². The van der Waals surface area contributed by atoms with E-state index < -0.39 is 5.91 Å². The second kappa shape index (κ2) is 6.89. The Balaban J connectivity index is 1.81. The molecular formula is C16H16N4O4S. The number of rotatable bonds is 5. The summed E-state index contributed by atoms with van der Waals surface area (Å²) in [6.45, 7) is 3.76. The number of carbonyl (C=O) groups is 1. The summed E-state index contributed by atoms with van der Waals surface area (Å²) in [7, 11) is 3.03. The van der Waals surface area contributed by atoms with Gasteiger partial charge in [-0.1, -0.05) is 5.10 Å². The van der Waals surface area contributed by atoms with Gasteiger partial charge >= 0.3 is 6.01 Å². The molecule has 1 N–H and O–H groups in total. The van der Waals surface area contributed by atoms with Crippen molar-refractivity contribution in [3.8, 4) is 22.3 Å². The fourth-order valence-electron chi connectivity index (χ4n) is 2.20. The maximum absolute atomic E-state index is 12.4. The Bertz CT molecular complexity index is 897. The van der Waals surface area contributed by atoms with Gasteiger partial charge in [-0.05, 0) is 26.0 Å². The number of aromatic nitrogens is 3. The van der Waals surface area contributed by atoms with Crippen LogP contribution in [0.3, 0.4) is 0 Å². The van der Waals surface area contributed by atoms with E-state index in [9.17, 15) is 4.79 Å². The number of aryl methyl sites for hydroxylation is 2. The number of thiazole rings is 1. The van der Waals surface area contributed by atoms with E-state index in [1.54, 1.807) is 18.2 Å². The Morgan fingerprint density at radius 3 is 2.36 bits per heavy atom. The highest BCUT2D eigenvalue weighted by atomic mass is 32.1. The van der Waals surface area contributed by atoms with Gasteiger partial charge in [0, 0.05) is 11.6 Å². The average molecular weight is 360 g/mol. The first kappa shape index (κ1) is 16.9. The van der Waals surface area contributed by atoms with Gasteiger partial charge in [0.1, 0.15) is 16.4 Å². The Labute approximate surface area is 147 Å². The van der Waals surface area contributed by atoms with Crippen molar-refractivity contribution in [2.75, 3.05) is 19.5 Å². The van der Waals surface area contributed by atoms with Gasteiger partial charge in [0.25, 0.3) is 11.8 Å². The number of hydrogen-bond acceptors (Lipinski definition) is 8. The first-order valence-corrected chi connectivity index (χ1v) is 8.14. The van der Waals surface area contributed by atoms with E-state index in [1.165, 1.54) is 25.6 Å². The van der Waals surface area contributed by atoms with E-state index in [1.807, 2.05) is 13.8 Å². The second-order valence-corrected chi connectivity index (χ2v) is 6.32. The minimum Gasteiger partial charge on any atom is -0.497 e. The fourth-order valence-corrected chi connectivity index (χ4v) is 3.04. The summed E-state index contributed by atoms with van der Waals surface area (Å²) in [5.41, 5.74) is 1.15. The number of nitrogens with one attached hydrogen (secondary N) is 1. The average Bonchev–Trinajstić information content (AvgIpc) is 3.19. The molecule has 8 nitrogen and oxygen atoms in total. The van der Waals surface area contributed by atoms with Crippen LogP contribution >= 0.6 is 11.3 Å². The Hall–Kier alpha value is -2.94. The van der Waals surface area contributed by atoms with Gasteiger partial charge in [-0.25, -0.2) is 4.98 Å². The number of amides is 1. The molecule has 0 spiro atoms. The van der Waals surface area contributed by atoms with Crippen LogP contribution in [0.15, 0.2) is 22.6 Å². The minimum absolute atomic E-state index is 0.00670. The van der Waals surface area contributed by atoms with E-state index in [-0.39, 0.29) is 6.01 Å². The summed E-state index contributed by atoms with van der Waals surface area (Å²) >= 11 is 1.45. The third-order valence-corrected chi connectivity index (χ3v) is 4.42. The highest BCUT2D eigenvalue weighted by molar-refractivity contribution is 7.15. The molecule has 0 saturated heterocycles. The molecule has 0 aliphatic carbocycles. The molecule has 0 aliphatic rings. The topological polar surface area (TPSA) is 99.4 Å². The van der Waals surface area contributed by atoms with Gasteiger partial charge < -0.3 is 13.9 Å². The van der Waals surface area contributed by atoms with Crippen LogP contribution in [0.4, 0.5) is 6.01 Å². The summed E-state index contributed by atoms with van der Waals surface area (Å²) in [6.07, 6.45) is 0. The zero-order valence-corrected chi connectivity index (χ0v) is 14.9. The van der Waals surface area contributed by atoms with Crippen molar-refractivity contribution in [2.45, 2.75) is 13.8 Å². The van der Waals surface area contributed by atoms with Crippen molar-refractivity contribution < 1.29 is 18.7 Å². The SMILES string of the molecule is COc1cc(OC)cc(C(=O)Nc2nnc(-c3sc(C)nc3C)o2)c1. The smallest absolute Gasteiger partial charge is 0.322 e. The minimum atomic E-state index is -0.412. The maximum Gasteiger partial charge on any atom is 0.322 e. The van der Waals surface area contributed by atoms with Gasteiger partial charge in [-0.2, -0.15) is 0 Å². The van der Waals surface area contributed by atoms with Crippen LogP contribution in [-0.4, -0.2) is 35.3 Å². The molecular weight excluding hydrogens is 344 g/mol. The zero-order valence-electron chi connectivity index (χ0n) is 14.1. The third kappa shape index (κ3) is 3.61. The standard InChI is InChI=1S/C16H16N4O4S/c1-8-13(25-9(2)17-8)15-19-20-16(24-15)18-14(21)10-5-11(22-3)7-12(6-10)23-4/h5-7H,1-4H3,(H,18,20,21). The number of ether oxygens (including phenoxy) is 2. The first-order valence-electron chi connectivity index (χ1n) is 7.32. The molecule has 9 heteroatoms. The monoisotopic (exact) mass is 360 g/mol. The van der Waals surface area contributed by atoms with Gasteiger partial charge in [-0.15, -0.1) is 16.4 Å². The fraction of sp³-hybridized carbons (Fsp3) is 0.250. The van der Waals surface area contributed by atoms with Crippen LogP contribution in [0.5, 0.6) is 11.5 Å². The highest BCUT2D eigenvalue weighted by Crippen LogP contribution is 2.29. The lowest BCUT2D eigenvalue weighted by molar-refractivity contribution is 0.102. The molecule has 2 aromatic heterocycles. The second-order valence-electron chi connectivity index (χ2n) is 5.12. The van der Waals surface area contributed by atoms with E-state index >= 15 is 0 Å². The summed E-state index contributed by atoms with van der Waals surface area (Å²) in [6, 6.07) is 4.86. The van der Waals surface area contributed by atoms with Crippen molar-refractivity contribution in [3.05, 3.63) is 34.5 Å². The molecule has 25 heavy (non-hydrogen) atoms. The predicted octanol–water partition coefficient (Wildman–Crippen LogP) is 3.08. The Kier molecular flexibility index (Phi) is 4.66. The first-order chi connectivity index (χ1) is 12.0. The molecule has 0 fully saturated rings. The van der Waals surface area contributed by atoms with E-state index in [0.717, 1.165) is 15.6 Å². The molecule has 0 unspecified atom stereocenters. The molecule has 1 aromatic carbocycles. The van der Waals surface area contributed by atoms with Crippen molar-refractivity contribution in [2.24, 2.45) is 0 Å². The van der Waals surface area contributed by atoms with Crippen LogP contribution in [0.2, 0.25) is 0 Å². The van der Waals surface area contributed by atoms with Crippen molar-refractivity contribution in [3.63, 3.8) is 0 Å². The number of anilines is 1. The summed E-state index contributed by atoms with van der Waals surface area (Å²) in [4.78, 5) is 17.5. The number of nitrogens with zero attached hydrogens (tertiary/aromatic N) is 3. The van der Waals surface area contributed by atoms with Crippen LogP contribution in [0, 0.1) is 13.8 Å². The van der Waals surface area contributed by atoms with Gasteiger partial charge in [0.15, 0.2) is 0 Å². The molecule has 0 aliphatic heterocycles. The van der Waals surface area contributed by atoms with Crippen LogP contribution in [-0.2, 0) is 0 Å². The van der Waals surface area contributed by atoms with Crippen molar-refractivity contribution >= 4 is 23.3 Å². The van der Waals surface area contributed by atoms with Crippen LogP contribution in [0.25, 0.3) is 10.8 Å². The molecule has 0 saturated carbocycles. The molecule has 1 amide bonds. The molecule has 2 heterocycles. The van der Waals surface area contributed by atoms with Crippen LogP contribution < -0.4 is 14.8 Å². The van der Waals surface area contributed by atoms with E-state index in [2.05, 4.69) is 20.5 Å². The van der Waals surface area contributed by atoms with Gasteiger partial charge in [0.2, 0.25) is 0 Å². The molecule has 0 bridgehead atoms. The lowest BCUT2D eigenvalue weighted by Crippen LogP contribution is -2.12. The summed E-state index contributed by atoms with van der Waals surface area (Å²) in [5.74, 6) is 0.921. The molecule has 130 valence electrons. The van der Waals surface area contributed by atoms with E-state index in [0.29, 0.717) is 23.0 Å². The molecule has 0 radical (unpaired) electrons. The quantitative estimate of drug-likeness (QED) is 0.746. The van der Waals surface area contributed by atoms with Crippen LogP contribution in [0.1, 0.15) is 21.1 Å². The normalized spacial score (nSPS) is 10.6. The molecule has 3 rings (SSSR count). The van der Waals surface area contributed by atoms with E-state index in [4.69, 9.17) is 13.9 Å². The lowest BCUT2D eigenvalue weighted by atomic mass is 10.2. The Morgan fingerprint density at radius 2 is 1.80 bits per heavy atom. The Morgan fingerprint density at radius 1 is 1.12 bits per heavy atom. The van der Waals surface area contributed by atoms with Gasteiger partial charge in [0.05, 0.1) is 24.9 Å². The predicted molar refractivity (Wildman–Crippen MR) is 92.4 cm³/mol. The number of hydrogen-bond donors (Lipinski definition) is 1.